The number of likely N-dealkylation sites (tertiary alicyclic amines) is 1. The molecule has 144 valence electrons. The highest BCUT2D eigenvalue weighted by atomic mass is 32.1. The van der Waals surface area contributed by atoms with E-state index in [1.54, 1.807) is 18.2 Å². The molecule has 2 aromatic rings. The first-order valence-corrected chi connectivity index (χ1v) is 10.3. The number of anilines is 1. The average Bonchev–Trinajstić information content (AvgIpc) is 3.22. The van der Waals surface area contributed by atoms with Crippen LogP contribution in [0.2, 0.25) is 0 Å². The van der Waals surface area contributed by atoms with E-state index in [0.717, 1.165) is 13.1 Å². The number of nitrogens with zero attached hydrogens (tertiary/aromatic N) is 1. The fourth-order valence-corrected chi connectivity index (χ4v) is 4.00. The molecule has 1 aliphatic rings. The molecule has 0 unspecified atom stereocenters. The van der Waals surface area contributed by atoms with Gasteiger partial charge in [0.1, 0.15) is 0 Å². The first-order valence-electron chi connectivity index (χ1n) is 9.44. The van der Waals surface area contributed by atoms with E-state index >= 15 is 0 Å². The van der Waals surface area contributed by atoms with Crippen molar-refractivity contribution in [3.8, 4) is 0 Å². The largest absolute Gasteiger partial charge is 0.350 e. The minimum Gasteiger partial charge on any atom is -0.350 e. The molecule has 1 saturated heterocycles. The lowest BCUT2D eigenvalue weighted by atomic mass is 9.98. The zero-order valence-corrected chi connectivity index (χ0v) is 16.8. The van der Waals surface area contributed by atoms with Crippen molar-refractivity contribution in [3.05, 3.63) is 52.2 Å². The average molecular weight is 386 g/mol. The maximum atomic E-state index is 12.8. The molecule has 0 radical (unpaired) electrons. The zero-order valence-electron chi connectivity index (χ0n) is 16.0. The molecule has 1 aromatic heterocycles. The summed E-state index contributed by atoms with van der Waals surface area (Å²) in [4.78, 5) is 28.2. The third-order valence-electron chi connectivity index (χ3n) is 5.06. The molecule has 1 aliphatic heterocycles. The number of thiophene rings is 1. The summed E-state index contributed by atoms with van der Waals surface area (Å²) in [6, 6.07) is 10.7. The van der Waals surface area contributed by atoms with Crippen LogP contribution in [0.25, 0.3) is 0 Å². The van der Waals surface area contributed by atoms with E-state index in [-0.39, 0.29) is 17.4 Å². The molecule has 0 spiro atoms. The predicted octanol–water partition coefficient (Wildman–Crippen LogP) is 3.99. The summed E-state index contributed by atoms with van der Waals surface area (Å²) >= 11 is 1.38. The lowest BCUT2D eigenvalue weighted by molar-refractivity contribution is 0.0798. The number of piperidine rings is 1. The summed E-state index contributed by atoms with van der Waals surface area (Å²) in [6.45, 7) is 7.07. The molecule has 1 aromatic carbocycles. The van der Waals surface area contributed by atoms with E-state index in [4.69, 9.17) is 0 Å². The van der Waals surface area contributed by atoms with Crippen molar-refractivity contribution in [1.82, 2.24) is 10.2 Å². The van der Waals surface area contributed by atoms with Gasteiger partial charge >= 0.3 is 0 Å². The Morgan fingerprint density at radius 1 is 1.04 bits per heavy atom. The van der Waals surface area contributed by atoms with Crippen molar-refractivity contribution in [3.63, 3.8) is 0 Å². The summed E-state index contributed by atoms with van der Waals surface area (Å²) in [5, 5.41) is 7.77. The second-order valence-corrected chi connectivity index (χ2v) is 8.47. The topological polar surface area (TPSA) is 61.4 Å². The molecular formula is C21H27N3O2S. The number of carbonyl (C=O) groups is 2. The Morgan fingerprint density at radius 2 is 1.78 bits per heavy atom. The second-order valence-electron chi connectivity index (χ2n) is 7.52. The van der Waals surface area contributed by atoms with E-state index in [1.807, 2.05) is 23.6 Å². The maximum Gasteiger partial charge on any atom is 0.265 e. The van der Waals surface area contributed by atoms with Gasteiger partial charge < -0.3 is 10.6 Å². The van der Waals surface area contributed by atoms with Gasteiger partial charge in [-0.1, -0.05) is 24.6 Å². The minimum atomic E-state index is -0.195. The first-order chi connectivity index (χ1) is 13.0. The number of carbonyl (C=O) groups excluding carboxylic acids is 2. The molecule has 6 heteroatoms. The molecule has 0 aliphatic carbocycles. The number of rotatable bonds is 6. The number of para-hydroxylation sites is 1. The lowest BCUT2D eigenvalue weighted by Crippen LogP contribution is -2.53. The summed E-state index contributed by atoms with van der Waals surface area (Å²) in [5.41, 5.74) is 0.923. The van der Waals surface area contributed by atoms with Crippen LogP contribution in [-0.2, 0) is 0 Å². The molecule has 0 bridgehead atoms. The van der Waals surface area contributed by atoms with Gasteiger partial charge in [0.2, 0.25) is 0 Å². The van der Waals surface area contributed by atoms with Crippen molar-refractivity contribution in [2.75, 3.05) is 25.0 Å². The van der Waals surface area contributed by atoms with Crippen molar-refractivity contribution in [2.45, 2.75) is 38.6 Å². The Balaban J connectivity index is 1.65. The van der Waals surface area contributed by atoms with Gasteiger partial charge in [0.15, 0.2) is 0 Å². The van der Waals surface area contributed by atoms with Crippen LogP contribution in [0.5, 0.6) is 0 Å². The van der Waals surface area contributed by atoms with Crippen LogP contribution in [0.3, 0.4) is 0 Å². The van der Waals surface area contributed by atoms with Crippen LogP contribution in [0.15, 0.2) is 41.8 Å². The van der Waals surface area contributed by atoms with Gasteiger partial charge in [-0.25, -0.2) is 0 Å². The summed E-state index contributed by atoms with van der Waals surface area (Å²) in [5.74, 6) is -0.360. The van der Waals surface area contributed by atoms with E-state index in [2.05, 4.69) is 29.4 Å². The Morgan fingerprint density at radius 3 is 2.48 bits per heavy atom. The number of hydrogen-bond donors (Lipinski definition) is 2. The maximum absolute atomic E-state index is 12.8. The lowest BCUT2D eigenvalue weighted by Gasteiger charge is -2.41. The van der Waals surface area contributed by atoms with E-state index in [1.165, 1.54) is 30.6 Å². The highest BCUT2D eigenvalue weighted by Crippen LogP contribution is 2.21. The number of benzene rings is 1. The van der Waals surface area contributed by atoms with Gasteiger partial charge in [-0.3, -0.25) is 14.5 Å². The first kappa shape index (κ1) is 19.6. The summed E-state index contributed by atoms with van der Waals surface area (Å²) in [6.07, 6.45) is 3.72. The van der Waals surface area contributed by atoms with Gasteiger partial charge in [0.25, 0.3) is 11.8 Å². The molecule has 2 amide bonds. The zero-order chi connectivity index (χ0) is 19.3. The molecule has 27 heavy (non-hydrogen) atoms. The fourth-order valence-electron chi connectivity index (χ4n) is 3.38. The van der Waals surface area contributed by atoms with Crippen LogP contribution in [0.1, 0.15) is 53.1 Å². The monoisotopic (exact) mass is 385 g/mol. The highest BCUT2D eigenvalue weighted by Gasteiger charge is 2.28. The van der Waals surface area contributed by atoms with Gasteiger partial charge in [0.05, 0.1) is 16.1 Å². The van der Waals surface area contributed by atoms with Gasteiger partial charge in [0, 0.05) is 12.1 Å². The summed E-state index contributed by atoms with van der Waals surface area (Å²) < 4.78 is 0. The third-order valence-corrected chi connectivity index (χ3v) is 5.93. The van der Waals surface area contributed by atoms with Crippen LogP contribution < -0.4 is 10.6 Å². The Kier molecular flexibility index (Phi) is 6.29. The number of amides is 2. The number of hydrogen-bond acceptors (Lipinski definition) is 4. The van der Waals surface area contributed by atoms with Crippen LogP contribution >= 0.6 is 11.3 Å². The van der Waals surface area contributed by atoms with E-state index in [0.29, 0.717) is 22.7 Å². The Bertz CT molecular complexity index is 780. The third kappa shape index (κ3) is 4.96. The van der Waals surface area contributed by atoms with Gasteiger partial charge in [-0.05, 0) is 63.4 Å². The van der Waals surface area contributed by atoms with Crippen molar-refractivity contribution < 1.29 is 9.59 Å². The van der Waals surface area contributed by atoms with Crippen molar-refractivity contribution >= 4 is 28.8 Å². The Hall–Kier alpha value is -2.18. The van der Waals surface area contributed by atoms with E-state index < -0.39 is 0 Å². The molecule has 2 heterocycles. The molecule has 1 fully saturated rings. The minimum absolute atomic E-state index is 0.0920. The van der Waals surface area contributed by atoms with Crippen LogP contribution in [0.4, 0.5) is 5.69 Å². The van der Waals surface area contributed by atoms with Crippen molar-refractivity contribution in [1.29, 1.82) is 0 Å². The number of nitrogens with one attached hydrogen (secondary N) is 2. The molecule has 0 atom stereocenters. The van der Waals surface area contributed by atoms with Gasteiger partial charge in [-0.2, -0.15) is 0 Å². The summed E-state index contributed by atoms with van der Waals surface area (Å²) in [7, 11) is 0. The normalized spacial score (nSPS) is 15.3. The molecule has 3 rings (SSSR count). The highest BCUT2D eigenvalue weighted by molar-refractivity contribution is 7.12. The molecular weight excluding hydrogens is 358 g/mol. The molecule has 2 N–H and O–H groups in total. The molecule has 5 nitrogen and oxygen atoms in total. The smallest absolute Gasteiger partial charge is 0.265 e. The van der Waals surface area contributed by atoms with Crippen molar-refractivity contribution in [2.24, 2.45) is 0 Å². The molecule has 0 saturated carbocycles. The van der Waals surface area contributed by atoms with Crippen LogP contribution in [-0.4, -0.2) is 41.9 Å². The quantitative estimate of drug-likeness (QED) is 0.790. The van der Waals surface area contributed by atoms with Gasteiger partial charge in [-0.15, -0.1) is 11.3 Å². The SMILES string of the molecule is CC(C)(CNC(=O)c1ccccc1NC(=O)c1cccs1)N1CCCCC1. The second kappa shape index (κ2) is 8.67. The predicted molar refractivity (Wildman–Crippen MR) is 111 cm³/mol. The van der Waals surface area contributed by atoms with E-state index in [9.17, 15) is 9.59 Å². The fraction of sp³-hybridized carbons (Fsp3) is 0.429. The van der Waals surface area contributed by atoms with Crippen LogP contribution in [0, 0.1) is 0 Å². The Labute approximate surface area is 164 Å². The standard InChI is InChI=1S/C21H27N3O2S/c1-21(2,24-12-6-3-7-13-24)15-22-19(25)16-9-4-5-10-17(16)23-20(26)18-11-8-14-27-18/h4-5,8-11,14H,3,6-7,12-13,15H2,1-2H3,(H,22,25)(H,23,26).